The highest BCUT2D eigenvalue weighted by Crippen LogP contribution is 2.23. The summed E-state index contributed by atoms with van der Waals surface area (Å²) in [7, 11) is -3.78. The summed E-state index contributed by atoms with van der Waals surface area (Å²) >= 11 is 3.97. The first-order valence-electron chi connectivity index (χ1n) is 7.61. The molecule has 6 nitrogen and oxygen atoms in total. The molecule has 2 aromatic rings. The fourth-order valence-electron chi connectivity index (χ4n) is 2.12. The Morgan fingerprint density at radius 1 is 1.20 bits per heavy atom. The Morgan fingerprint density at radius 2 is 1.88 bits per heavy atom. The lowest BCUT2D eigenvalue weighted by Crippen LogP contribution is -2.37. The lowest BCUT2D eigenvalue weighted by molar-refractivity contribution is -0.116. The number of hydrogen-bond acceptors (Lipinski definition) is 5. The number of amides is 1. The molecule has 0 aromatic heterocycles. The molecule has 0 spiro atoms. The van der Waals surface area contributed by atoms with Crippen LogP contribution in [0.15, 0.2) is 47.4 Å². The smallest absolute Gasteiger partial charge is 0.261 e. The topological polar surface area (TPSA) is 101 Å². The number of carbonyl (C=O) groups excluding carboxylic acids is 1. The van der Waals surface area contributed by atoms with Gasteiger partial charge in [-0.25, -0.2) is 8.42 Å². The van der Waals surface area contributed by atoms with Crippen LogP contribution in [0.3, 0.4) is 0 Å². The van der Waals surface area contributed by atoms with Gasteiger partial charge in [-0.3, -0.25) is 9.52 Å². The van der Waals surface area contributed by atoms with E-state index in [1.807, 2.05) is 19.9 Å². The van der Waals surface area contributed by atoms with E-state index >= 15 is 0 Å². The molecule has 2 aromatic carbocycles. The minimum atomic E-state index is -3.78. The second-order valence-electron chi connectivity index (χ2n) is 5.66. The van der Waals surface area contributed by atoms with Crippen molar-refractivity contribution in [1.82, 2.24) is 0 Å². The van der Waals surface area contributed by atoms with E-state index in [9.17, 15) is 13.2 Å². The maximum Gasteiger partial charge on any atom is 0.261 e. The largest absolute Gasteiger partial charge is 0.325 e. The number of nitrogens with one attached hydrogen (secondary N) is 2. The number of sulfonamides is 1. The van der Waals surface area contributed by atoms with Gasteiger partial charge >= 0.3 is 0 Å². The first-order valence-corrected chi connectivity index (χ1v) is 9.72. The van der Waals surface area contributed by atoms with Gasteiger partial charge in [0.05, 0.1) is 16.6 Å². The molecule has 0 heterocycles. The van der Waals surface area contributed by atoms with E-state index < -0.39 is 22.0 Å². The lowest BCUT2D eigenvalue weighted by Gasteiger charge is -2.14. The molecular weight excluding hydrogens is 358 g/mol. The number of hydrogen-bond donors (Lipinski definition) is 4. The Balaban J connectivity index is 2.26. The monoisotopic (exact) mass is 379 g/mol. The molecule has 25 heavy (non-hydrogen) atoms. The van der Waals surface area contributed by atoms with Crippen molar-refractivity contribution in [2.24, 2.45) is 5.73 Å². The molecule has 4 N–H and O–H groups in total. The van der Waals surface area contributed by atoms with Crippen molar-refractivity contribution in [1.29, 1.82) is 0 Å². The van der Waals surface area contributed by atoms with Gasteiger partial charge in [0.1, 0.15) is 0 Å². The van der Waals surface area contributed by atoms with Crippen molar-refractivity contribution in [3.8, 4) is 0 Å². The van der Waals surface area contributed by atoms with Gasteiger partial charge in [0, 0.05) is 11.4 Å². The summed E-state index contributed by atoms with van der Waals surface area (Å²) in [6, 6.07) is 10.6. The molecule has 1 amide bonds. The van der Waals surface area contributed by atoms with E-state index in [4.69, 9.17) is 5.73 Å². The van der Waals surface area contributed by atoms with E-state index in [2.05, 4.69) is 22.7 Å². The van der Waals surface area contributed by atoms with Crippen LogP contribution in [0.25, 0.3) is 0 Å². The van der Waals surface area contributed by atoms with Crippen LogP contribution in [-0.2, 0) is 14.8 Å². The summed E-state index contributed by atoms with van der Waals surface area (Å²) in [6.45, 7) is 3.76. The summed E-state index contributed by atoms with van der Waals surface area (Å²) in [4.78, 5) is 11.9. The third-order valence-electron chi connectivity index (χ3n) is 3.79. The molecule has 0 aliphatic carbocycles. The summed E-state index contributed by atoms with van der Waals surface area (Å²) < 4.78 is 27.8. The number of aryl methyl sites for hydroxylation is 1. The highest BCUT2D eigenvalue weighted by Gasteiger charge is 2.17. The molecule has 0 radical (unpaired) electrons. The number of rotatable bonds is 6. The summed E-state index contributed by atoms with van der Waals surface area (Å²) in [5.74, 6) is -0.232. The Kier molecular flexibility index (Phi) is 6.10. The van der Waals surface area contributed by atoms with Crippen LogP contribution in [0.2, 0.25) is 0 Å². The van der Waals surface area contributed by atoms with Crippen LogP contribution in [0, 0.1) is 13.8 Å². The number of anilines is 2. The second-order valence-corrected chi connectivity index (χ2v) is 7.71. The Bertz CT molecular complexity index is 882. The Morgan fingerprint density at radius 3 is 2.56 bits per heavy atom. The molecular formula is C17H21N3O3S2. The van der Waals surface area contributed by atoms with Crippen molar-refractivity contribution in [2.45, 2.75) is 24.8 Å². The highest BCUT2D eigenvalue weighted by molar-refractivity contribution is 7.92. The summed E-state index contributed by atoms with van der Waals surface area (Å²) in [6.07, 6.45) is 0. The van der Waals surface area contributed by atoms with Crippen molar-refractivity contribution in [3.05, 3.63) is 53.6 Å². The molecule has 0 bridgehead atoms. The van der Waals surface area contributed by atoms with Gasteiger partial charge < -0.3 is 11.1 Å². The zero-order chi connectivity index (χ0) is 18.6. The van der Waals surface area contributed by atoms with E-state index in [1.165, 1.54) is 12.1 Å². The maximum atomic E-state index is 12.6. The second kappa shape index (κ2) is 7.90. The predicted octanol–water partition coefficient (Wildman–Crippen LogP) is 2.30. The number of benzene rings is 2. The standard InChI is InChI=1S/C17H21N3O3S2/c1-11-5-3-8-16(12(11)2)20-25(22,23)14-7-4-6-13(9-14)19-17(21)15(18)10-24/h3-9,15,20,24H,10,18H2,1-2H3,(H,19,21)/t15-/m0/s1. The average Bonchev–Trinajstić information content (AvgIpc) is 2.58. The van der Waals surface area contributed by atoms with E-state index in [-0.39, 0.29) is 10.6 Å². The Labute approximate surface area is 153 Å². The van der Waals surface area contributed by atoms with Gasteiger partial charge in [-0.1, -0.05) is 18.2 Å². The maximum absolute atomic E-state index is 12.6. The van der Waals surface area contributed by atoms with Crippen LogP contribution in [-0.4, -0.2) is 26.1 Å². The highest BCUT2D eigenvalue weighted by atomic mass is 32.2. The molecule has 1 atom stereocenters. The normalized spacial score (nSPS) is 12.5. The molecule has 0 aliphatic rings. The van der Waals surface area contributed by atoms with Gasteiger partial charge in [0.2, 0.25) is 5.91 Å². The van der Waals surface area contributed by atoms with Crippen molar-refractivity contribution in [3.63, 3.8) is 0 Å². The number of carbonyl (C=O) groups is 1. The van der Waals surface area contributed by atoms with Gasteiger partial charge in [0.25, 0.3) is 10.0 Å². The van der Waals surface area contributed by atoms with Gasteiger partial charge in [-0.15, -0.1) is 0 Å². The number of nitrogens with two attached hydrogens (primary N) is 1. The SMILES string of the molecule is Cc1cccc(NS(=O)(=O)c2cccc(NC(=O)[C@@H](N)CS)c2)c1C. The third-order valence-corrected chi connectivity index (χ3v) is 5.55. The molecule has 134 valence electrons. The first kappa shape index (κ1) is 19.3. The minimum absolute atomic E-state index is 0.0469. The minimum Gasteiger partial charge on any atom is -0.325 e. The van der Waals surface area contributed by atoms with Crippen LogP contribution < -0.4 is 15.8 Å². The fraction of sp³-hybridized carbons (Fsp3) is 0.235. The molecule has 0 unspecified atom stereocenters. The zero-order valence-electron chi connectivity index (χ0n) is 14.0. The molecule has 8 heteroatoms. The van der Waals surface area contributed by atoms with Crippen LogP contribution in [0.4, 0.5) is 11.4 Å². The average molecular weight is 380 g/mol. The quantitative estimate of drug-likeness (QED) is 0.579. The summed E-state index contributed by atoms with van der Waals surface area (Å²) in [5, 5.41) is 2.58. The molecule has 0 saturated carbocycles. The van der Waals surface area contributed by atoms with E-state index in [0.717, 1.165) is 11.1 Å². The van der Waals surface area contributed by atoms with Crippen molar-refractivity contribution in [2.75, 3.05) is 15.8 Å². The van der Waals surface area contributed by atoms with Crippen LogP contribution >= 0.6 is 12.6 Å². The molecule has 0 aliphatic heterocycles. The molecule has 0 saturated heterocycles. The van der Waals surface area contributed by atoms with Gasteiger partial charge in [-0.05, 0) is 49.2 Å². The summed E-state index contributed by atoms with van der Waals surface area (Å²) in [5.41, 5.74) is 8.32. The first-order chi connectivity index (χ1) is 11.7. The third kappa shape index (κ3) is 4.75. The van der Waals surface area contributed by atoms with Crippen molar-refractivity contribution < 1.29 is 13.2 Å². The lowest BCUT2D eigenvalue weighted by atomic mass is 10.1. The number of thiol groups is 1. The molecule has 2 rings (SSSR count). The van der Waals surface area contributed by atoms with E-state index in [1.54, 1.807) is 24.3 Å². The fourth-order valence-corrected chi connectivity index (χ4v) is 3.46. The zero-order valence-corrected chi connectivity index (χ0v) is 15.7. The Hall–Kier alpha value is -2.03. The van der Waals surface area contributed by atoms with Crippen LogP contribution in [0.1, 0.15) is 11.1 Å². The predicted molar refractivity (Wildman–Crippen MR) is 104 cm³/mol. The van der Waals surface area contributed by atoms with Crippen molar-refractivity contribution >= 4 is 39.9 Å². The molecule has 0 fully saturated rings. The van der Waals surface area contributed by atoms with Gasteiger partial charge in [-0.2, -0.15) is 12.6 Å². The van der Waals surface area contributed by atoms with Crippen LogP contribution in [0.5, 0.6) is 0 Å². The van der Waals surface area contributed by atoms with E-state index in [0.29, 0.717) is 11.4 Å². The van der Waals surface area contributed by atoms with Gasteiger partial charge in [0.15, 0.2) is 0 Å².